The van der Waals surface area contributed by atoms with Crippen molar-refractivity contribution in [2.45, 2.75) is 18.8 Å². The standard InChI is InChI=1S/C17H21N3O3S/c1-22-11-15(21)20-9-7-12(8-10-20)16-18-19-17(24-16)13-5-3-4-6-14(13)23-2/h3-6,12H,7-11H2,1-2H3. The van der Waals surface area contributed by atoms with Crippen molar-refractivity contribution >= 4 is 17.2 Å². The summed E-state index contributed by atoms with van der Waals surface area (Å²) < 4.78 is 10.3. The Hall–Kier alpha value is -1.99. The fourth-order valence-corrected chi connectivity index (χ4v) is 3.96. The van der Waals surface area contributed by atoms with Gasteiger partial charge in [0.1, 0.15) is 17.4 Å². The number of methoxy groups -OCH3 is 2. The van der Waals surface area contributed by atoms with Crippen molar-refractivity contribution in [2.75, 3.05) is 33.9 Å². The van der Waals surface area contributed by atoms with Gasteiger partial charge < -0.3 is 14.4 Å². The first kappa shape index (κ1) is 16.9. The van der Waals surface area contributed by atoms with Gasteiger partial charge in [-0.3, -0.25) is 4.79 Å². The van der Waals surface area contributed by atoms with Crippen LogP contribution in [0.1, 0.15) is 23.8 Å². The van der Waals surface area contributed by atoms with Crippen molar-refractivity contribution in [3.8, 4) is 16.3 Å². The van der Waals surface area contributed by atoms with E-state index in [2.05, 4.69) is 10.2 Å². The zero-order valence-corrected chi connectivity index (χ0v) is 14.7. The highest BCUT2D eigenvalue weighted by Gasteiger charge is 2.26. The summed E-state index contributed by atoms with van der Waals surface area (Å²) in [6.45, 7) is 1.65. The Bertz CT molecular complexity index is 696. The molecule has 0 bridgehead atoms. The van der Waals surface area contributed by atoms with Crippen LogP contribution >= 0.6 is 11.3 Å². The number of nitrogens with zero attached hydrogens (tertiary/aromatic N) is 3. The van der Waals surface area contributed by atoms with E-state index in [1.165, 1.54) is 0 Å². The Balaban J connectivity index is 1.68. The third-order valence-corrected chi connectivity index (χ3v) is 5.36. The highest BCUT2D eigenvalue weighted by atomic mass is 32.1. The number of benzene rings is 1. The van der Waals surface area contributed by atoms with Gasteiger partial charge >= 0.3 is 0 Å². The Morgan fingerprint density at radius 3 is 2.71 bits per heavy atom. The predicted octanol–water partition coefficient (Wildman–Crippen LogP) is 2.57. The van der Waals surface area contributed by atoms with Crippen LogP contribution < -0.4 is 4.74 Å². The minimum atomic E-state index is 0.0583. The second-order valence-corrected chi connectivity index (χ2v) is 6.74. The lowest BCUT2D eigenvalue weighted by Crippen LogP contribution is -2.39. The smallest absolute Gasteiger partial charge is 0.248 e. The molecule has 7 heteroatoms. The van der Waals surface area contributed by atoms with Crippen LogP contribution in [0.2, 0.25) is 0 Å². The highest BCUT2D eigenvalue weighted by Crippen LogP contribution is 2.36. The van der Waals surface area contributed by atoms with Crippen LogP contribution in [0.25, 0.3) is 10.6 Å². The highest BCUT2D eigenvalue weighted by molar-refractivity contribution is 7.14. The maximum absolute atomic E-state index is 11.9. The van der Waals surface area contributed by atoms with Gasteiger partial charge in [-0.25, -0.2) is 0 Å². The van der Waals surface area contributed by atoms with Crippen LogP contribution in [0.15, 0.2) is 24.3 Å². The molecule has 1 aliphatic rings. The van der Waals surface area contributed by atoms with Gasteiger partial charge in [0.25, 0.3) is 0 Å². The van der Waals surface area contributed by atoms with Gasteiger partial charge in [0.2, 0.25) is 5.91 Å². The predicted molar refractivity (Wildman–Crippen MR) is 92.3 cm³/mol. The number of carbonyl (C=O) groups is 1. The SMILES string of the molecule is COCC(=O)N1CCC(c2nnc(-c3ccccc3OC)s2)CC1. The summed E-state index contributed by atoms with van der Waals surface area (Å²) in [5, 5.41) is 10.6. The van der Waals surface area contributed by atoms with E-state index in [1.54, 1.807) is 25.6 Å². The largest absolute Gasteiger partial charge is 0.496 e. The lowest BCUT2D eigenvalue weighted by Gasteiger charge is -2.30. The average molecular weight is 347 g/mol. The van der Waals surface area contributed by atoms with Gasteiger partial charge in [0, 0.05) is 26.1 Å². The van der Waals surface area contributed by atoms with Crippen LogP contribution in [0.4, 0.5) is 0 Å². The lowest BCUT2D eigenvalue weighted by atomic mass is 9.98. The van der Waals surface area contributed by atoms with E-state index < -0.39 is 0 Å². The Morgan fingerprint density at radius 1 is 1.25 bits per heavy atom. The summed E-state index contributed by atoms with van der Waals surface area (Å²) in [5.74, 6) is 1.22. The number of hydrogen-bond donors (Lipinski definition) is 0. The molecule has 1 amide bonds. The molecule has 6 nitrogen and oxygen atoms in total. The summed E-state index contributed by atoms with van der Waals surface area (Å²) in [5.41, 5.74) is 0.969. The number of likely N-dealkylation sites (tertiary alicyclic amines) is 1. The molecule has 0 atom stereocenters. The van der Waals surface area contributed by atoms with Gasteiger partial charge in [0.15, 0.2) is 5.01 Å². The van der Waals surface area contributed by atoms with Gasteiger partial charge in [-0.2, -0.15) is 0 Å². The van der Waals surface area contributed by atoms with E-state index in [0.29, 0.717) is 5.92 Å². The van der Waals surface area contributed by atoms with Crippen molar-refractivity contribution in [3.05, 3.63) is 29.3 Å². The molecule has 0 N–H and O–H groups in total. The molecule has 0 saturated carbocycles. The summed E-state index contributed by atoms with van der Waals surface area (Å²) in [7, 11) is 3.21. The summed E-state index contributed by atoms with van der Waals surface area (Å²) in [6.07, 6.45) is 1.83. The van der Waals surface area contributed by atoms with E-state index in [1.807, 2.05) is 29.2 Å². The molecule has 128 valence electrons. The van der Waals surface area contributed by atoms with Crippen LogP contribution in [0.5, 0.6) is 5.75 Å². The fraction of sp³-hybridized carbons (Fsp3) is 0.471. The van der Waals surface area contributed by atoms with Gasteiger partial charge in [-0.1, -0.05) is 23.5 Å². The van der Waals surface area contributed by atoms with E-state index in [0.717, 1.165) is 47.3 Å². The quantitative estimate of drug-likeness (QED) is 0.832. The van der Waals surface area contributed by atoms with Crippen LogP contribution in [0.3, 0.4) is 0 Å². The van der Waals surface area contributed by atoms with Crippen molar-refractivity contribution in [2.24, 2.45) is 0 Å². The van der Waals surface area contributed by atoms with E-state index in [9.17, 15) is 4.79 Å². The second kappa shape index (κ2) is 7.72. The molecule has 0 unspecified atom stereocenters. The molecule has 1 saturated heterocycles. The normalized spacial score (nSPS) is 15.5. The van der Waals surface area contributed by atoms with Crippen molar-refractivity contribution in [1.82, 2.24) is 15.1 Å². The van der Waals surface area contributed by atoms with Gasteiger partial charge in [-0.05, 0) is 25.0 Å². The first-order valence-corrected chi connectivity index (χ1v) is 8.78. The molecule has 0 spiro atoms. The summed E-state index contributed by atoms with van der Waals surface area (Å²) >= 11 is 1.61. The molecule has 2 heterocycles. The minimum absolute atomic E-state index is 0.0583. The Kier molecular flexibility index (Phi) is 5.42. The number of amides is 1. The third-order valence-electron chi connectivity index (χ3n) is 4.24. The third kappa shape index (κ3) is 3.57. The number of ether oxygens (including phenoxy) is 2. The van der Waals surface area contributed by atoms with Crippen LogP contribution in [-0.4, -0.2) is 54.9 Å². The molecule has 0 radical (unpaired) electrons. The molecule has 24 heavy (non-hydrogen) atoms. The molecule has 1 aromatic heterocycles. The zero-order chi connectivity index (χ0) is 16.9. The minimum Gasteiger partial charge on any atom is -0.496 e. The summed E-state index contributed by atoms with van der Waals surface area (Å²) in [4.78, 5) is 13.7. The summed E-state index contributed by atoms with van der Waals surface area (Å²) in [6, 6.07) is 7.83. The van der Waals surface area contributed by atoms with Gasteiger partial charge in [0.05, 0.1) is 12.7 Å². The van der Waals surface area contributed by atoms with E-state index in [-0.39, 0.29) is 12.5 Å². The number of rotatable bonds is 5. The first-order chi connectivity index (χ1) is 11.7. The molecule has 2 aromatic rings. The lowest BCUT2D eigenvalue weighted by molar-refractivity contribution is -0.136. The van der Waals surface area contributed by atoms with E-state index >= 15 is 0 Å². The number of aromatic nitrogens is 2. The maximum atomic E-state index is 11.9. The van der Waals surface area contributed by atoms with Crippen molar-refractivity contribution in [3.63, 3.8) is 0 Å². The Labute approximate surface area is 145 Å². The van der Waals surface area contributed by atoms with Crippen molar-refractivity contribution < 1.29 is 14.3 Å². The van der Waals surface area contributed by atoms with Crippen LogP contribution in [-0.2, 0) is 9.53 Å². The Morgan fingerprint density at radius 2 is 2.00 bits per heavy atom. The van der Waals surface area contributed by atoms with Crippen LogP contribution in [0, 0.1) is 0 Å². The molecular weight excluding hydrogens is 326 g/mol. The fourth-order valence-electron chi connectivity index (χ4n) is 2.92. The molecule has 3 rings (SSSR count). The van der Waals surface area contributed by atoms with Gasteiger partial charge in [-0.15, -0.1) is 10.2 Å². The number of hydrogen-bond acceptors (Lipinski definition) is 6. The molecule has 1 fully saturated rings. The molecule has 0 aliphatic carbocycles. The maximum Gasteiger partial charge on any atom is 0.248 e. The molecule has 1 aliphatic heterocycles. The number of piperidine rings is 1. The van der Waals surface area contributed by atoms with E-state index in [4.69, 9.17) is 9.47 Å². The van der Waals surface area contributed by atoms with Crippen molar-refractivity contribution in [1.29, 1.82) is 0 Å². The molecule has 1 aromatic carbocycles. The number of carbonyl (C=O) groups excluding carboxylic acids is 1. The molecular formula is C17H21N3O3S. The monoisotopic (exact) mass is 347 g/mol. The topological polar surface area (TPSA) is 64.5 Å². The first-order valence-electron chi connectivity index (χ1n) is 7.96. The average Bonchev–Trinajstić information content (AvgIpc) is 3.12. The number of para-hydroxylation sites is 1. The second-order valence-electron chi connectivity index (χ2n) is 5.73. The zero-order valence-electron chi connectivity index (χ0n) is 13.9.